The van der Waals surface area contributed by atoms with E-state index in [1.165, 1.54) is 16.0 Å². The molecule has 100 valence electrons. The third-order valence-corrected chi connectivity index (χ3v) is 4.33. The SMILES string of the molecule is Cc1ccccc1CC(CSc1ccccc1)NN. The molecule has 0 aliphatic heterocycles. The van der Waals surface area contributed by atoms with Crippen LogP contribution < -0.4 is 11.3 Å². The molecule has 0 saturated carbocycles. The van der Waals surface area contributed by atoms with E-state index in [1.54, 1.807) is 0 Å². The van der Waals surface area contributed by atoms with E-state index in [1.807, 2.05) is 17.8 Å². The topological polar surface area (TPSA) is 38.0 Å². The highest BCUT2D eigenvalue weighted by atomic mass is 32.2. The molecule has 0 aliphatic rings. The summed E-state index contributed by atoms with van der Waals surface area (Å²) in [5.74, 6) is 6.64. The molecule has 2 aromatic rings. The molecule has 0 bridgehead atoms. The maximum absolute atomic E-state index is 5.67. The van der Waals surface area contributed by atoms with Crippen LogP contribution in [-0.2, 0) is 6.42 Å². The van der Waals surface area contributed by atoms with E-state index in [2.05, 4.69) is 60.9 Å². The highest BCUT2D eigenvalue weighted by Crippen LogP contribution is 2.19. The van der Waals surface area contributed by atoms with Crippen LogP contribution in [0.4, 0.5) is 0 Å². The lowest BCUT2D eigenvalue weighted by Gasteiger charge is -2.16. The molecule has 3 N–H and O–H groups in total. The number of hydrogen-bond donors (Lipinski definition) is 2. The van der Waals surface area contributed by atoms with Gasteiger partial charge in [-0.15, -0.1) is 11.8 Å². The average molecular weight is 272 g/mol. The van der Waals surface area contributed by atoms with Crippen LogP contribution in [0.1, 0.15) is 11.1 Å². The Labute approximate surface area is 119 Å². The molecule has 2 nitrogen and oxygen atoms in total. The van der Waals surface area contributed by atoms with Crippen molar-refractivity contribution in [2.24, 2.45) is 5.84 Å². The summed E-state index contributed by atoms with van der Waals surface area (Å²) in [5.41, 5.74) is 5.61. The minimum absolute atomic E-state index is 0.284. The highest BCUT2D eigenvalue weighted by molar-refractivity contribution is 7.99. The van der Waals surface area contributed by atoms with Crippen molar-refractivity contribution >= 4 is 11.8 Å². The van der Waals surface area contributed by atoms with Gasteiger partial charge in [0.2, 0.25) is 0 Å². The number of hydrogen-bond acceptors (Lipinski definition) is 3. The number of benzene rings is 2. The normalized spacial score (nSPS) is 12.3. The van der Waals surface area contributed by atoms with Gasteiger partial charge in [0.15, 0.2) is 0 Å². The zero-order chi connectivity index (χ0) is 13.5. The Morgan fingerprint density at radius 1 is 1.05 bits per heavy atom. The van der Waals surface area contributed by atoms with Crippen molar-refractivity contribution in [3.05, 3.63) is 65.7 Å². The summed E-state index contributed by atoms with van der Waals surface area (Å²) < 4.78 is 0. The lowest BCUT2D eigenvalue weighted by atomic mass is 10.0. The van der Waals surface area contributed by atoms with Crippen LogP contribution in [0.15, 0.2) is 59.5 Å². The number of thioether (sulfide) groups is 1. The third-order valence-electron chi connectivity index (χ3n) is 3.16. The minimum Gasteiger partial charge on any atom is -0.271 e. The largest absolute Gasteiger partial charge is 0.271 e. The zero-order valence-electron chi connectivity index (χ0n) is 11.2. The molecule has 1 atom stereocenters. The van der Waals surface area contributed by atoms with Crippen molar-refractivity contribution in [1.82, 2.24) is 5.43 Å². The van der Waals surface area contributed by atoms with E-state index < -0.39 is 0 Å². The third kappa shape index (κ3) is 4.39. The summed E-state index contributed by atoms with van der Waals surface area (Å²) in [6, 6.07) is 19.2. The van der Waals surface area contributed by atoms with Crippen molar-refractivity contribution in [3.8, 4) is 0 Å². The van der Waals surface area contributed by atoms with Crippen molar-refractivity contribution < 1.29 is 0 Å². The zero-order valence-corrected chi connectivity index (χ0v) is 12.0. The molecule has 0 aromatic heterocycles. The van der Waals surface area contributed by atoms with E-state index in [-0.39, 0.29) is 6.04 Å². The Morgan fingerprint density at radius 2 is 1.74 bits per heavy atom. The van der Waals surface area contributed by atoms with Crippen LogP contribution in [0.2, 0.25) is 0 Å². The molecule has 0 fully saturated rings. The Morgan fingerprint density at radius 3 is 2.42 bits per heavy atom. The maximum atomic E-state index is 5.67. The monoisotopic (exact) mass is 272 g/mol. The molecule has 0 radical (unpaired) electrons. The van der Waals surface area contributed by atoms with Crippen molar-refractivity contribution in [1.29, 1.82) is 0 Å². The first kappa shape index (κ1) is 14.1. The van der Waals surface area contributed by atoms with Gasteiger partial charge >= 0.3 is 0 Å². The molecule has 0 heterocycles. The smallest absolute Gasteiger partial charge is 0.0345 e. The van der Waals surface area contributed by atoms with Gasteiger partial charge in [-0.25, -0.2) is 0 Å². The lowest BCUT2D eigenvalue weighted by Crippen LogP contribution is -2.38. The standard InChI is InChI=1S/C16H20N2S/c1-13-7-5-6-8-14(13)11-15(18-17)12-19-16-9-3-2-4-10-16/h2-10,15,18H,11-12,17H2,1H3. The van der Waals surface area contributed by atoms with Gasteiger partial charge in [-0.1, -0.05) is 42.5 Å². The first-order valence-electron chi connectivity index (χ1n) is 6.48. The first-order valence-corrected chi connectivity index (χ1v) is 7.46. The molecular formula is C16H20N2S. The fourth-order valence-corrected chi connectivity index (χ4v) is 2.94. The Balaban J connectivity index is 1.92. The van der Waals surface area contributed by atoms with Gasteiger partial charge in [0.25, 0.3) is 0 Å². The molecule has 2 aromatic carbocycles. The molecule has 1 unspecified atom stereocenters. The fraction of sp³-hybridized carbons (Fsp3) is 0.250. The van der Waals surface area contributed by atoms with E-state index >= 15 is 0 Å². The van der Waals surface area contributed by atoms with Gasteiger partial charge in [-0.3, -0.25) is 11.3 Å². The highest BCUT2D eigenvalue weighted by Gasteiger charge is 2.09. The molecule has 0 amide bonds. The molecule has 0 saturated heterocycles. The molecule has 2 rings (SSSR count). The van der Waals surface area contributed by atoms with E-state index in [0.717, 1.165) is 12.2 Å². The Hall–Kier alpha value is -1.29. The van der Waals surface area contributed by atoms with E-state index in [9.17, 15) is 0 Å². The summed E-state index contributed by atoms with van der Waals surface area (Å²) in [5, 5.41) is 0. The van der Waals surface area contributed by atoms with Crippen LogP contribution in [0, 0.1) is 6.92 Å². The number of hydrazine groups is 1. The van der Waals surface area contributed by atoms with E-state index in [4.69, 9.17) is 5.84 Å². The fourth-order valence-electron chi connectivity index (χ4n) is 1.98. The number of nitrogens with two attached hydrogens (primary N) is 1. The van der Waals surface area contributed by atoms with Crippen molar-refractivity contribution in [3.63, 3.8) is 0 Å². The molecular weight excluding hydrogens is 252 g/mol. The number of rotatable bonds is 6. The van der Waals surface area contributed by atoms with Gasteiger partial charge in [-0.05, 0) is 36.6 Å². The van der Waals surface area contributed by atoms with Gasteiger partial charge in [0.05, 0.1) is 0 Å². The second-order valence-corrected chi connectivity index (χ2v) is 5.71. The van der Waals surface area contributed by atoms with E-state index in [0.29, 0.717) is 0 Å². The Kier molecular flexibility index (Phi) is 5.45. The maximum Gasteiger partial charge on any atom is 0.0345 e. The predicted octanol–water partition coefficient (Wildman–Crippen LogP) is 3.16. The average Bonchev–Trinajstić information content (AvgIpc) is 2.46. The molecule has 19 heavy (non-hydrogen) atoms. The summed E-state index contributed by atoms with van der Waals surface area (Å²) >= 11 is 1.84. The van der Waals surface area contributed by atoms with Gasteiger partial charge in [0, 0.05) is 16.7 Å². The lowest BCUT2D eigenvalue weighted by molar-refractivity contribution is 0.574. The second-order valence-electron chi connectivity index (χ2n) is 4.62. The summed E-state index contributed by atoms with van der Waals surface area (Å²) in [4.78, 5) is 1.28. The summed E-state index contributed by atoms with van der Waals surface area (Å²) in [6.45, 7) is 2.15. The number of nitrogens with one attached hydrogen (secondary N) is 1. The predicted molar refractivity (Wildman–Crippen MR) is 83.2 cm³/mol. The van der Waals surface area contributed by atoms with Gasteiger partial charge in [-0.2, -0.15) is 0 Å². The first-order chi connectivity index (χ1) is 9.29. The van der Waals surface area contributed by atoms with Crippen LogP contribution in [0.3, 0.4) is 0 Å². The van der Waals surface area contributed by atoms with Crippen molar-refractivity contribution in [2.45, 2.75) is 24.3 Å². The quantitative estimate of drug-likeness (QED) is 0.482. The van der Waals surface area contributed by atoms with Gasteiger partial charge in [0.1, 0.15) is 0 Å². The van der Waals surface area contributed by atoms with Crippen LogP contribution in [-0.4, -0.2) is 11.8 Å². The van der Waals surface area contributed by atoms with Crippen LogP contribution in [0.25, 0.3) is 0 Å². The van der Waals surface area contributed by atoms with Crippen LogP contribution >= 0.6 is 11.8 Å². The minimum atomic E-state index is 0.284. The number of aryl methyl sites for hydroxylation is 1. The molecule has 0 aliphatic carbocycles. The van der Waals surface area contributed by atoms with Crippen LogP contribution in [0.5, 0.6) is 0 Å². The molecule has 3 heteroatoms. The van der Waals surface area contributed by atoms with Gasteiger partial charge < -0.3 is 0 Å². The second kappa shape index (κ2) is 7.34. The summed E-state index contributed by atoms with van der Waals surface area (Å²) in [7, 11) is 0. The molecule has 0 spiro atoms. The Bertz CT molecular complexity index is 499. The summed E-state index contributed by atoms with van der Waals surface area (Å²) in [6.07, 6.45) is 0.961. The van der Waals surface area contributed by atoms with Crippen molar-refractivity contribution in [2.75, 3.05) is 5.75 Å².